The minimum absolute atomic E-state index is 0.0947. The molecule has 3 aromatic rings. The Morgan fingerprint density at radius 3 is 2.63 bits per heavy atom. The van der Waals surface area contributed by atoms with E-state index in [4.69, 9.17) is 10.00 Å². The van der Waals surface area contributed by atoms with Crippen molar-refractivity contribution >= 4 is 0 Å². The Kier molecular flexibility index (Phi) is 3.92. The predicted octanol–water partition coefficient (Wildman–Crippen LogP) is 4.62. The maximum atomic E-state index is 14.2. The summed E-state index contributed by atoms with van der Waals surface area (Å²) in [7, 11) is 1.75. The maximum absolute atomic E-state index is 14.2. The first-order valence-electron chi connectivity index (χ1n) is 8.26. The average Bonchev–Trinajstić information content (AvgIpc) is 3.17. The molecule has 0 amide bonds. The van der Waals surface area contributed by atoms with Gasteiger partial charge in [-0.15, -0.1) is 0 Å². The standard InChI is InChI=1S/C20H14F3N3O/c1-26-18(4-5-25-26)15-2-3-19(17-10-20(22,23)9-16(15)17)27-14-7-12(11-24)6-13(21)8-14/h2-8H,9-10H2,1H3. The van der Waals surface area contributed by atoms with Gasteiger partial charge < -0.3 is 4.74 Å². The van der Waals surface area contributed by atoms with Gasteiger partial charge in [-0.2, -0.15) is 10.4 Å². The second-order valence-electron chi connectivity index (χ2n) is 6.51. The van der Waals surface area contributed by atoms with Crippen molar-refractivity contribution in [3.63, 3.8) is 0 Å². The van der Waals surface area contributed by atoms with Crippen LogP contribution in [0.4, 0.5) is 13.2 Å². The monoisotopic (exact) mass is 369 g/mol. The number of rotatable bonds is 3. The first-order chi connectivity index (χ1) is 12.9. The van der Waals surface area contributed by atoms with Crippen LogP contribution in [0.1, 0.15) is 16.7 Å². The summed E-state index contributed by atoms with van der Waals surface area (Å²) in [4.78, 5) is 0. The molecule has 1 aromatic heterocycles. The molecular weight excluding hydrogens is 355 g/mol. The molecule has 0 bridgehead atoms. The lowest BCUT2D eigenvalue weighted by atomic mass is 10.00. The second-order valence-corrected chi connectivity index (χ2v) is 6.51. The SMILES string of the molecule is Cn1nccc1-c1ccc(Oc2cc(F)cc(C#N)c2)c2c1CC(F)(F)C2. The van der Waals surface area contributed by atoms with Gasteiger partial charge in [0.2, 0.25) is 0 Å². The molecule has 0 N–H and O–H groups in total. The molecule has 0 saturated carbocycles. The summed E-state index contributed by atoms with van der Waals surface area (Å²) in [5.74, 6) is -3.17. The largest absolute Gasteiger partial charge is 0.457 e. The summed E-state index contributed by atoms with van der Waals surface area (Å²) < 4.78 is 49.3. The number of nitrogens with zero attached hydrogens (tertiary/aromatic N) is 3. The number of nitriles is 1. The van der Waals surface area contributed by atoms with Crippen LogP contribution in [0.5, 0.6) is 11.5 Å². The molecule has 0 unspecified atom stereocenters. The number of aryl methyl sites for hydroxylation is 1. The van der Waals surface area contributed by atoms with Crippen molar-refractivity contribution in [3.05, 3.63) is 65.1 Å². The molecule has 0 aliphatic heterocycles. The van der Waals surface area contributed by atoms with Crippen molar-refractivity contribution in [1.82, 2.24) is 9.78 Å². The van der Waals surface area contributed by atoms with Crippen molar-refractivity contribution in [2.45, 2.75) is 18.8 Å². The van der Waals surface area contributed by atoms with Crippen LogP contribution in [0.25, 0.3) is 11.3 Å². The van der Waals surface area contributed by atoms with Gasteiger partial charge in [0.15, 0.2) is 0 Å². The number of halogens is 3. The molecule has 7 heteroatoms. The molecule has 0 fully saturated rings. The van der Waals surface area contributed by atoms with E-state index in [0.29, 0.717) is 16.7 Å². The first kappa shape index (κ1) is 17.2. The lowest BCUT2D eigenvalue weighted by Crippen LogP contribution is -2.15. The van der Waals surface area contributed by atoms with Crippen LogP contribution in [0.3, 0.4) is 0 Å². The van der Waals surface area contributed by atoms with Gasteiger partial charge in [-0.1, -0.05) is 0 Å². The van der Waals surface area contributed by atoms with Crippen molar-refractivity contribution in [1.29, 1.82) is 5.26 Å². The zero-order valence-corrected chi connectivity index (χ0v) is 14.3. The molecule has 136 valence electrons. The van der Waals surface area contributed by atoms with Crippen LogP contribution in [0.2, 0.25) is 0 Å². The van der Waals surface area contributed by atoms with Gasteiger partial charge in [0.1, 0.15) is 17.3 Å². The van der Waals surface area contributed by atoms with Crippen molar-refractivity contribution < 1.29 is 17.9 Å². The Bertz CT molecular complexity index is 1080. The van der Waals surface area contributed by atoms with Gasteiger partial charge in [-0.3, -0.25) is 4.68 Å². The Labute approximate surface area is 153 Å². The number of hydrogen-bond donors (Lipinski definition) is 0. The quantitative estimate of drug-likeness (QED) is 0.677. The summed E-state index contributed by atoms with van der Waals surface area (Å²) in [5.41, 5.74) is 2.39. The number of benzene rings is 2. The molecule has 0 radical (unpaired) electrons. The lowest BCUT2D eigenvalue weighted by molar-refractivity contribution is 0.0128. The van der Waals surface area contributed by atoms with Crippen LogP contribution in [0.15, 0.2) is 42.6 Å². The molecule has 1 aliphatic carbocycles. The van der Waals surface area contributed by atoms with Crippen LogP contribution >= 0.6 is 0 Å². The van der Waals surface area contributed by atoms with E-state index in [0.717, 1.165) is 17.8 Å². The van der Waals surface area contributed by atoms with Crippen molar-refractivity contribution in [2.24, 2.45) is 7.05 Å². The van der Waals surface area contributed by atoms with Crippen LogP contribution in [-0.4, -0.2) is 15.7 Å². The Morgan fingerprint density at radius 2 is 1.93 bits per heavy atom. The molecule has 0 atom stereocenters. The molecule has 1 heterocycles. The Balaban J connectivity index is 1.80. The third kappa shape index (κ3) is 3.14. The first-order valence-corrected chi connectivity index (χ1v) is 8.26. The fourth-order valence-electron chi connectivity index (χ4n) is 3.43. The molecule has 4 rings (SSSR count). The molecular formula is C20H14F3N3O. The zero-order valence-electron chi connectivity index (χ0n) is 14.3. The molecule has 0 saturated heterocycles. The summed E-state index contributed by atoms with van der Waals surface area (Å²) in [6.45, 7) is 0. The highest BCUT2D eigenvalue weighted by Crippen LogP contribution is 2.44. The van der Waals surface area contributed by atoms with Gasteiger partial charge in [0.25, 0.3) is 5.92 Å². The molecule has 4 nitrogen and oxygen atoms in total. The topological polar surface area (TPSA) is 50.8 Å². The number of ether oxygens (including phenoxy) is 1. The Hall–Kier alpha value is -3.27. The van der Waals surface area contributed by atoms with Gasteiger partial charge in [-0.25, -0.2) is 13.2 Å². The van der Waals surface area contributed by atoms with Crippen LogP contribution in [0, 0.1) is 17.1 Å². The Morgan fingerprint density at radius 1 is 1.15 bits per heavy atom. The third-order valence-electron chi connectivity index (χ3n) is 4.58. The van der Waals surface area contributed by atoms with E-state index in [2.05, 4.69) is 5.10 Å². The van der Waals surface area contributed by atoms with E-state index >= 15 is 0 Å². The van der Waals surface area contributed by atoms with E-state index in [-0.39, 0.29) is 17.1 Å². The summed E-state index contributed by atoms with van der Waals surface area (Å²) in [5, 5.41) is 13.1. The fourth-order valence-corrected chi connectivity index (χ4v) is 3.43. The van der Waals surface area contributed by atoms with E-state index < -0.39 is 24.6 Å². The number of hydrogen-bond acceptors (Lipinski definition) is 3. The summed E-state index contributed by atoms with van der Waals surface area (Å²) in [6.07, 6.45) is 0.756. The van der Waals surface area contributed by atoms with Crippen LogP contribution in [-0.2, 0) is 19.9 Å². The molecule has 27 heavy (non-hydrogen) atoms. The maximum Gasteiger partial charge on any atom is 0.256 e. The smallest absolute Gasteiger partial charge is 0.256 e. The summed E-state index contributed by atoms with van der Waals surface area (Å²) in [6, 6.07) is 10.5. The highest BCUT2D eigenvalue weighted by atomic mass is 19.3. The lowest BCUT2D eigenvalue weighted by Gasteiger charge is -2.14. The third-order valence-corrected chi connectivity index (χ3v) is 4.58. The molecule has 1 aliphatic rings. The van der Waals surface area contributed by atoms with Crippen molar-refractivity contribution in [3.8, 4) is 28.8 Å². The van der Waals surface area contributed by atoms with E-state index in [1.54, 1.807) is 36.1 Å². The van der Waals surface area contributed by atoms with E-state index in [1.807, 2.05) is 6.07 Å². The molecule has 0 spiro atoms. The minimum atomic E-state index is -2.88. The fraction of sp³-hybridized carbons (Fsp3) is 0.200. The van der Waals surface area contributed by atoms with Gasteiger partial charge >= 0.3 is 0 Å². The van der Waals surface area contributed by atoms with Crippen LogP contribution < -0.4 is 4.74 Å². The summed E-state index contributed by atoms with van der Waals surface area (Å²) >= 11 is 0. The highest BCUT2D eigenvalue weighted by molar-refractivity contribution is 5.70. The van der Waals surface area contributed by atoms with E-state index in [1.165, 1.54) is 6.07 Å². The van der Waals surface area contributed by atoms with Gasteiger partial charge in [-0.05, 0) is 35.9 Å². The highest BCUT2D eigenvalue weighted by Gasteiger charge is 2.41. The van der Waals surface area contributed by atoms with Gasteiger partial charge in [0, 0.05) is 43.3 Å². The van der Waals surface area contributed by atoms with Gasteiger partial charge in [0.05, 0.1) is 17.3 Å². The predicted molar refractivity (Wildman–Crippen MR) is 92.2 cm³/mol. The zero-order chi connectivity index (χ0) is 19.2. The normalized spacial score (nSPS) is 14.6. The molecule has 2 aromatic carbocycles. The number of aromatic nitrogens is 2. The van der Waals surface area contributed by atoms with Crippen molar-refractivity contribution in [2.75, 3.05) is 0 Å². The second kappa shape index (κ2) is 6.16. The number of fused-ring (bicyclic) bond motifs is 1. The average molecular weight is 369 g/mol. The minimum Gasteiger partial charge on any atom is -0.457 e. The number of alkyl halides is 2. The van der Waals surface area contributed by atoms with E-state index in [9.17, 15) is 13.2 Å².